The van der Waals surface area contributed by atoms with Crippen molar-refractivity contribution in [3.63, 3.8) is 0 Å². The first-order valence-electron chi connectivity index (χ1n) is 10.6. The Labute approximate surface area is 167 Å². The molecule has 0 bridgehead atoms. The van der Waals surface area contributed by atoms with Crippen molar-refractivity contribution in [1.82, 2.24) is 9.80 Å². The Morgan fingerprint density at radius 1 is 0.929 bits per heavy atom. The number of carbonyl (C=O) groups is 2. The van der Waals surface area contributed by atoms with Gasteiger partial charge < -0.3 is 14.9 Å². The van der Waals surface area contributed by atoms with Crippen LogP contribution in [0, 0.1) is 5.92 Å². The molecule has 1 aromatic carbocycles. The highest BCUT2D eigenvalue weighted by atomic mass is 16.4. The quantitative estimate of drug-likeness (QED) is 0.863. The second-order valence-corrected chi connectivity index (χ2v) is 8.64. The van der Waals surface area contributed by atoms with E-state index in [1.165, 1.54) is 18.4 Å². The largest absolute Gasteiger partial charge is 0.481 e. The lowest BCUT2D eigenvalue weighted by atomic mass is 9.85. The molecule has 6 heteroatoms. The summed E-state index contributed by atoms with van der Waals surface area (Å²) in [6, 6.07) is 8.84. The van der Waals surface area contributed by atoms with Crippen molar-refractivity contribution in [2.45, 2.75) is 50.5 Å². The lowest BCUT2D eigenvalue weighted by Crippen LogP contribution is -2.42. The van der Waals surface area contributed by atoms with Crippen molar-refractivity contribution in [3.05, 3.63) is 29.8 Å². The molecule has 3 fully saturated rings. The number of urea groups is 1. The van der Waals surface area contributed by atoms with E-state index >= 15 is 0 Å². The lowest BCUT2D eigenvalue weighted by Gasteiger charge is -2.33. The fourth-order valence-corrected chi connectivity index (χ4v) is 5.04. The van der Waals surface area contributed by atoms with Gasteiger partial charge in [-0.3, -0.25) is 9.69 Å². The minimum absolute atomic E-state index is 0.0748. The van der Waals surface area contributed by atoms with E-state index in [0.29, 0.717) is 25.3 Å². The summed E-state index contributed by atoms with van der Waals surface area (Å²) in [6.07, 6.45) is 5.35. The highest BCUT2D eigenvalue weighted by Gasteiger charge is 2.37. The molecule has 2 heterocycles. The Kier molecular flexibility index (Phi) is 5.58. The van der Waals surface area contributed by atoms with E-state index in [-0.39, 0.29) is 18.0 Å². The lowest BCUT2D eigenvalue weighted by molar-refractivity contribution is -0.143. The highest BCUT2D eigenvalue weighted by molar-refractivity contribution is 5.94. The Morgan fingerprint density at radius 2 is 1.57 bits per heavy atom. The number of anilines is 1. The number of nitrogens with zero attached hydrogens (tertiary/aromatic N) is 3. The molecule has 0 unspecified atom stereocenters. The molecule has 6 nitrogen and oxygen atoms in total. The summed E-state index contributed by atoms with van der Waals surface area (Å²) in [5.41, 5.74) is 2.36. The summed E-state index contributed by atoms with van der Waals surface area (Å²) in [6.45, 7) is 3.75. The number of hydrogen-bond donors (Lipinski definition) is 1. The van der Waals surface area contributed by atoms with Crippen LogP contribution < -0.4 is 4.90 Å². The van der Waals surface area contributed by atoms with Crippen molar-refractivity contribution < 1.29 is 14.7 Å². The number of carboxylic acids is 1. The molecule has 0 atom stereocenters. The number of carboxylic acid groups (broad SMARTS) is 1. The SMILES string of the molecule is CN1CCC(c2ccc(N3CCN([C@H]4CC[C@H](C(=O)O)CC4)C3=O)cc2)CC1. The Morgan fingerprint density at radius 3 is 2.18 bits per heavy atom. The summed E-state index contributed by atoms with van der Waals surface area (Å²) >= 11 is 0. The van der Waals surface area contributed by atoms with Gasteiger partial charge in [0.15, 0.2) is 0 Å². The molecule has 2 saturated heterocycles. The number of rotatable bonds is 4. The third kappa shape index (κ3) is 3.88. The molecular weight excluding hydrogens is 354 g/mol. The maximum Gasteiger partial charge on any atom is 0.324 e. The molecule has 0 aromatic heterocycles. The van der Waals surface area contributed by atoms with E-state index in [1.54, 1.807) is 0 Å². The number of benzene rings is 1. The van der Waals surface area contributed by atoms with Crippen LogP contribution in [0.3, 0.4) is 0 Å². The second-order valence-electron chi connectivity index (χ2n) is 8.64. The number of amides is 2. The monoisotopic (exact) mass is 385 g/mol. The van der Waals surface area contributed by atoms with Gasteiger partial charge in [0.25, 0.3) is 0 Å². The molecule has 4 rings (SSSR count). The number of aliphatic carboxylic acids is 1. The molecule has 0 spiro atoms. The topological polar surface area (TPSA) is 64.1 Å². The number of hydrogen-bond acceptors (Lipinski definition) is 3. The second kappa shape index (κ2) is 8.11. The molecule has 2 aliphatic heterocycles. The van der Waals surface area contributed by atoms with Crippen LogP contribution in [0.4, 0.5) is 10.5 Å². The fourth-order valence-electron chi connectivity index (χ4n) is 5.04. The molecule has 152 valence electrons. The Hall–Kier alpha value is -2.08. The average Bonchev–Trinajstić information content (AvgIpc) is 3.10. The predicted molar refractivity (Wildman–Crippen MR) is 109 cm³/mol. The van der Waals surface area contributed by atoms with Gasteiger partial charge in [-0.1, -0.05) is 12.1 Å². The van der Waals surface area contributed by atoms with Gasteiger partial charge in [0.2, 0.25) is 0 Å². The van der Waals surface area contributed by atoms with Gasteiger partial charge in [0.1, 0.15) is 0 Å². The van der Waals surface area contributed by atoms with Gasteiger partial charge in [-0.25, -0.2) is 4.79 Å². The zero-order valence-electron chi connectivity index (χ0n) is 16.7. The van der Waals surface area contributed by atoms with Crippen molar-refractivity contribution in [3.8, 4) is 0 Å². The van der Waals surface area contributed by atoms with Gasteiger partial charge >= 0.3 is 12.0 Å². The van der Waals surface area contributed by atoms with E-state index in [2.05, 4.69) is 36.2 Å². The van der Waals surface area contributed by atoms with Gasteiger partial charge in [0.05, 0.1) is 5.92 Å². The van der Waals surface area contributed by atoms with Crippen LogP contribution in [0.25, 0.3) is 0 Å². The van der Waals surface area contributed by atoms with E-state index in [9.17, 15) is 14.7 Å². The van der Waals surface area contributed by atoms with E-state index in [1.807, 2.05) is 9.80 Å². The van der Waals surface area contributed by atoms with Crippen LogP contribution in [0.2, 0.25) is 0 Å². The van der Waals surface area contributed by atoms with Gasteiger partial charge in [-0.15, -0.1) is 0 Å². The van der Waals surface area contributed by atoms with Crippen molar-refractivity contribution in [2.75, 3.05) is 38.1 Å². The van der Waals surface area contributed by atoms with E-state index in [4.69, 9.17) is 0 Å². The molecule has 1 aliphatic carbocycles. The summed E-state index contributed by atoms with van der Waals surface area (Å²) < 4.78 is 0. The van der Waals surface area contributed by atoms with E-state index in [0.717, 1.165) is 38.2 Å². The third-order valence-electron chi connectivity index (χ3n) is 6.92. The maximum absolute atomic E-state index is 13.0. The molecule has 0 radical (unpaired) electrons. The summed E-state index contributed by atoms with van der Waals surface area (Å²) in [5.74, 6) is -0.310. The minimum Gasteiger partial charge on any atom is -0.481 e. The fraction of sp³-hybridized carbons (Fsp3) is 0.636. The first kappa shape index (κ1) is 19.2. The molecule has 1 saturated carbocycles. The Balaban J connectivity index is 1.36. The third-order valence-corrected chi connectivity index (χ3v) is 6.92. The van der Waals surface area contributed by atoms with Gasteiger partial charge in [0, 0.05) is 24.8 Å². The number of likely N-dealkylation sites (tertiary alicyclic amines) is 1. The smallest absolute Gasteiger partial charge is 0.324 e. The molecule has 1 N–H and O–H groups in total. The maximum atomic E-state index is 13.0. The van der Waals surface area contributed by atoms with E-state index < -0.39 is 5.97 Å². The van der Waals surface area contributed by atoms with Gasteiger partial charge in [-0.05, 0) is 82.3 Å². The van der Waals surface area contributed by atoms with Crippen LogP contribution in [0.15, 0.2) is 24.3 Å². The molecule has 3 aliphatic rings. The molecule has 2 amide bonds. The first-order chi connectivity index (χ1) is 13.5. The van der Waals surface area contributed by atoms with Crippen LogP contribution in [0.5, 0.6) is 0 Å². The highest BCUT2D eigenvalue weighted by Crippen LogP contribution is 2.33. The normalized spacial score (nSPS) is 27.4. The zero-order chi connectivity index (χ0) is 19.7. The number of piperidine rings is 1. The first-order valence-corrected chi connectivity index (χ1v) is 10.6. The standard InChI is InChI=1S/C22H31N3O3/c1-23-12-10-17(11-13-23)16-2-6-19(7-3-16)24-14-15-25(22(24)28)20-8-4-18(5-9-20)21(26)27/h2-3,6-7,17-18,20H,4-5,8-15H2,1H3,(H,26,27)/t18-,20-. The van der Waals surface area contributed by atoms with Crippen molar-refractivity contribution in [1.29, 1.82) is 0 Å². The molecule has 28 heavy (non-hydrogen) atoms. The van der Waals surface area contributed by atoms with Crippen LogP contribution >= 0.6 is 0 Å². The van der Waals surface area contributed by atoms with Crippen molar-refractivity contribution >= 4 is 17.7 Å². The summed E-state index contributed by atoms with van der Waals surface area (Å²) in [5, 5.41) is 9.17. The molecular formula is C22H31N3O3. The average molecular weight is 386 g/mol. The number of carbonyl (C=O) groups excluding carboxylic acids is 1. The predicted octanol–water partition coefficient (Wildman–Crippen LogP) is 3.38. The molecule has 1 aromatic rings. The summed E-state index contributed by atoms with van der Waals surface area (Å²) in [4.78, 5) is 30.3. The summed E-state index contributed by atoms with van der Waals surface area (Å²) in [7, 11) is 2.18. The Bertz CT molecular complexity index is 704. The van der Waals surface area contributed by atoms with Crippen LogP contribution in [0.1, 0.15) is 50.0 Å². The minimum atomic E-state index is -0.697. The van der Waals surface area contributed by atoms with Gasteiger partial charge in [-0.2, -0.15) is 0 Å². The zero-order valence-corrected chi connectivity index (χ0v) is 16.7. The van der Waals surface area contributed by atoms with Crippen LogP contribution in [-0.2, 0) is 4.79 Å². The van der Waals surface area contributed by atoms with Crippen molar-refractivity contribution in [2.24, 2.45) is 5.92 Å². The van der Waals surface area contributed by atoms with Crippen LogP contribution in [-0.4, -0.2) is 66.2 Å².